The Kier molecular flexibility index (Phi) is 4.17. The van der Waals surface area contributed by atoms with Gasteiger partial charge in [-0.1, -0.05) is 23.2 Å². The van der Waals surface area contributed by atoms with E-state index in [4.69, 9.17) is 23.2 Å². The number of hydrogen-bond donors (Lipinski definition) is 1. The smallest absolute Gasteiger partial charge is 0.263 e. The summed E-state index contributed by atoms with van der Waals surface area (Å²) in [6.45, 7) is 0.630. The van der Waals surface area contributed by atoms with Crippen LogP contribution in [0.15, 0.2) is 46.1 Å². The molecule has 1 aliphatic heterocycles. The summed E-state index contributed by atoms with van der Waals surface area (Å²) in [5.41, 5.74) is 0.641. The lowest BCUT2D eigenvalue weighted by Gasteiger charge is -2.11. The van der Waals surface area contributed by atoms with Gasteiger partial charge in [0.25, 0.3) is 15.6 Å². The fourth-order valence-electron chi connectivity index (χ4n) is 3.04. The summed E-state index contributed by atoms with van der Waals surface area (Å²) in [7, 11) is -3.96. The van der Waals surface area contributed by atoms with E-state index >= 15 is 0 Å². The summed E-state index contributed by atoms with van der Waals surface area (Å²) < 4.78 is 29.3. The predicted octanol–water partition coefficient (Wildman–Crippen LogP) is 3.45. The second-order valence-electron chi connectivity index (χ2n) is 6.00. The van der Waals surface area contributed by atoms with Crippen LogP contribution in [-0.2, 0) is 23.0 Å². The first-order valence-electron chi connectivity index (χ1n) is 7.86. The Hall–Kier alpha value is -2.09. The second kappa shape index (κ2) is 6.26. The van der Waals surface area contributed by atoms with Crippen molar-refractivity contribution in [3.8, 4) is 0 Å². The Labute approximate surface area is 159 Å². The molecule has 0 bridgehead atoms. The minimum Gasteiger partial charge on any atom is -0.296 e. The van der Waals surface area contributed by atoms with Crippen molar-refractivity contribution in [1.82, 2.24) is 9.55 Å². The van der Waals surface area contributed by atoms with Gasteiger partial charge in [-0.3, -0.25) is 14.1 Å². The first-order chi connectivity index (χ1) is 12.3. The van der Waals surface area contributed by atoms with E-state index in [9.17, 15) is 13.2 Å². The molecule has 0 radical (unpaired) electrons. The van der Waals surface area contributed by atoms with Crippen LogP contribution in [0.3, 0.4) is 0 Å². The van der Waals surface area contributed by atoms with E-state index in [-0.39, 0.29) is 26.2 Å². The average Bonchev–Trinajstić information content (AvgIpc) is 3.06. The number of nitrogens with one attached hydrogen (secondary N) is 1. The maximum atomic E-state index is 12.6. The third-order valence-corrected chi connectivity index (χ3v) is 6.35. The van der Waals surface area contributed by atoms with Crippen LogP contribution in [0.2, 0.25) is 10.0 Å². The fraction of sp³-hybridized carbons (Fsp3) is 0.176. The summed E-state index contributed by atoms with van der Waals surface area (Å²) in [5, 5.41) is 0.682. The van der Waals surface area contributed by atoms with E-state index < -0.39 is 10.0 Å². The van der Waals surface area contributed by atoms with E-state index in [0.29, 0.717) is 17.4 Å². The van der Waals surface area contributed by atoms with Crippen molar-refractivity contribution >= 4 is 49.8 Å². The number of halogens is 2. The molecule has 134 valence electrons. The second-order valence-corrected chi connectivity index (χ2v) is 8.50. The number of anilines is 1. The number of sulfonamides is 1. The molecule has 1 aliphatic rings. The molecule has 2 aromatic carbocycles. The van der Waals surface area contributed by atoms with Crippen LogP contribution in [-0.4, -0.2) is 18.0 Å². The van der Waals surface area contributed by atoms with Crippen LogP contribution in [0.5, 0.6) is 0 Å². The van der Waals surface area contributed by atoms with Gasteiger partial charge in [-0.25, -0.2) is 13.4 Å². The Bertz CT molecular complexity index is 1210. The largest absolute Gasteiger partial charge is 0.296 e. The lowest BCUT2D eigenvalue weighted by atomic mass is 10.2. The highest BCUT2D eigenvalue weighted by atomic mass is 35.5. The molecular weight excluding hydrogens is 397 g/mol. The molecule has 0 atom stereocenters. The van der Waals surface area contributed by atoms with E-state index in [0.717, 1.165) is 18.7 Å². The standard InChI is InChI=1S/C17H13Cl2N3O3S/c18-10-3-5-13(19)15(8-10)26(24,25)21-11-4-6-14-12(9-11)17(23)22-7-1-2-16(22)20-14/h3-6,8-9,21H,1-2,7H2. The number of aromatic nitrogens is 2. The summed E-state index contributed by atoms with van der Waals surface area (Å²) in [4.78, 5) is 17.0. The molecule has 0 spiro atoms. The van der Waals surface area contributed by atoms with Crippen molar-refractivity contribution < 1.29 is 8.42 Å². The number of benzene rings is 2. The minimum absolute atomic E-state index is 0.0576. The molecule has 0 saturated heterocycles. The molecule has 0 fully saturated rings. The zero-order valence-corrected chi connectivity index (χ0v) is 15.7. The minimum atomic E-state index is -3.96. The van der Waals surface area contributed by atoms with Crippen molar-refractivity contribution in [2.75, 3.05) is 4.72 Å². The molecule has 26 heavy (non-hydrogen) atoms. The van der Waals surface area contributed by atoms with E-state index in [1.54, 1.807) is 16.7 Å². The fourth-order valence-corrected chi connectivity index (χ4v) is 4.85. The van der Waals surface area contributed by atoms with Gasteiger partial charge in [0, 0.05) is 23.7 Å². The molecule has 0 aliphatic carbocycles. The molecule has 9 heteroatoms. The lowest BCUT2D eigenvalue weighted by Crippen LogP contribution is -2.21. The highest BCUT2D eigenvalue weighted by Crippen LogP contribution is 2.27. The Balaban J connectivity index is 1.78. The first kappa shape index (κ1) is 17.3. The first-order valence-corrected chi connectivity index (χ1v) is 10.1. The van der Waals surface area contributed by atoms with Crippen LogP contribution < -0.4 is 10.3 Å². The molecule has 0 saturated carbocycles. The quantitative estimate of drug-likeness (QED) is 0.717. The topological polar surface area (TPSA) is 81.1 Å². The van der Waals surface area contributed by atoms with Gasteiger partial charge in [0.2, 0.25) is 0 Å². The average molecular weight is 410 g/mol. The van der Waals surface area contributed by atoms with Gasteiger partial charge in [-0.2, -0.15) is 0 Å². The van der Waals surface area contributed by atoms with Gasteiger partial charge in [-0.05, 0) is 42.8 Å². The normalized spacial score (nSPS) is 13.8. The van der Waals surface area contributed by atoms with Crippen molar-refractivity contribution in [2.45, 2.75) is 24.3 Å². The maximum absolute atomic E-state index is 12.6. The van der Waals surface area contributed by atoms with Crippen molar-refractivity contribution in [2.24, 2.45) is 0 Å². The number of rotatable bonds is 3. The Morgan fingerprint density at radius 3 is 2.73 bits per heavy atom. The van der Waals surface area contributed by atoms with Crippen molar-refractivity contribution in [3.05, 3.63) is 62.6 Å². The van der Waals surface area contributed by atoms with Crippen LogP contribution in [0.1, 0.15) is 12.2 Å². The maximum Gasteiger partial charge on any atom is 0.263 e. The molecule has 1 aromatic heterocycles. The van der Waals surface area contributed by atoms with E-state index in [2.05, 4.69) is 9.71 Å². The number of nitrogens with zero attached hydrogens (tertiary/aromatic N) is 2. The highest BCUT2D eigenvalue weighted by Gasteiger charge is 2.20. The number of aryl methyl sites for hydroxylation is 1. The SMILES string of the molecule is O=c1c2cc(NS(=O)(=O)c3cc(Cl)ccc3Cl)ccc2nc2n1CCC2. The molecule has 2 heterocycles. The third-order valence-electron chi connectivity index (χ3n) is 4.25. The molecule has 0 unspecified atom stereocenters. The number of fused-ring (bicyclic) bond motifs is 2. The third kappa shape index (κ3) is 2.96. The van der Waals surface area contributed by atoms with Gasteiger partial charge in [-0.15, -0.1) is 0 Å². The molecule has 3 aromatic rings. The Morgan fingerprint density at radius 2 is 1.92 bits per heavy atom. The summed E-state index contributed by atoms with van der Waals surface area (Å²) in [6.07, 6.45) is 1.65. The predicted molar refractivity (Wildman–Crippen MR) is 102 cm³/mol. The Morgan fingerprint density at radius 1 is 1.12 bits per heavy atom. The number of hydrogen-bond acceptors (Lipinski definition) is 4. The van der Waals surface area contributed by atoms with Crippen molar-refractivity contribution in [1.29, 1.82) is 0 Å². The lowest BCUT2D eigenvalue weighted by molar-refractivity contribution is 0.601. The molecule has 0 amide bonds. The van der Waals surface area contributed by atoms with Gasteiger partial charge >= 0.3 is 0 Å². The van der Waals surface area contributed by atoms with Crippen LogP contribution in [0.25, 0.3) is 10.9 Å². The van der Waals surface area contributed by atoms with E-state index in [1.165, 1.54) is 24.3 Å². The van der Waals surface area contributed by atoms with Gasteiger partial charge in [0.05, 0.1) is 15.9 Å². The van der Waals surface area contributed by atoms with E-state index in [1.807, 2.05) is 0 Å². The van der Waals surface area contributed by atoms with Gasteiger partial charge < -0.3 is 0 Å². The summed E-state index contributed by atoms with van der Waals surface area (Å²) >= 11 is 11.9. The monoisotopic (exact) mass is 409 g/mol. The highest BCUT2D eigenvalue weighted by molar-refractivity contribution is 7.92. The van der Waals surface area contributed by atoms with Crippen LogP contribution in [0, 0.1) is 0 Å². The van der Waals surface area contributed by atoms with Gasteiger partial charge in [0.1, 0.15) is 10.7 Å². The molecule has 1 N–H and O–H groups in total. The van der Waals surface area contributed by atoms with Crippen molar-refractivity contribution in [3.63, 3.8) is 0 Å². The zero-order chi connectivity index (χ0) is 18.5. The summed E-state index contributed by atoms with van der Waals surface area (Å²) in [5.74, 6) is 0.765. The molecular formula is C17H13Cl2N3O3S. The van der Waals surface area contributed by atoms with Crippen LogP contribution >= 0.6 is 23.2 Å². The molecule has 6 nitrogen and oxygen atoms in total. The van der Waals surface area contributed by atoms with Crippen LogP contribution in [0.4, 0.5) is 5.69 Å². The van der Waals surface area contributed by atoms with Gasteiger partial charge in [0.15, 0.2) is 0 Å². The summed E-state index contributed by atoms with van der Waals surface area (Å²) in [6, 6.07) is 8.89. The molecule has 4 rings (SSSR count). The zero-order valence-electron chi connectivity index (χ0n) is 13.4.